The number of aryl methyl sites for hydroxylation is 1. The summed E-state index contributed by atoms with van der Waals surface area (Å²) in [5.41, 5.74) is 0.338. The Balaban J connectivity index is 2.18. The lowest BCUT2D eigenvalue weighted by molar-refractivity contribution is -0.133. The highest BCUT2D eigenvalue weighted by atomic mass is 35.5. The molecule has 22 heavy (non-hydrogen) atoms. The molecule has 1 aromatic heterocycles. The molecule has 3 rings (SSSR count). The molecular formula is C15H15ClN4O2. The second-order valence-corrected chi connectivity index (χ2v) is 6.28. The quantitative estimate of drug-likeness (QED) is 0.797. The second-order valence-electron chi connectivity index (χ2n) is 5.87. The van der Waals surface area contributed by atoms with Gasteiger partial charge in [-0.2, -0.15) is 5.10 Å². The van der Waals surface area contributed by atoms with Gasteiger partial charge in [-0.1, -0.05) is 17.7 Å². The van der Waals surface area contributed by atoms with E-state index in [-0.39, 0.29) is 11.7 Å². The predicted octanol–water partition coefficient (Wildman–Crippen LogP) is 2.38. The van der Waals surface area contributed by atoms with Crippen molar-refractivity contribution in [2.45, 2.75) is 26.9 Å². The van der Waals surface area contributed by atoms with Crippen LogP contribution in [0.15, 0.2) is 30.9 Å². The highest BCUT2D eigenvalue weighted by molar-refractivity contribution is 6.35. The van der Waals surface area contributed by atoms with Gasteiger partial charge in [-0.05, 0) is 38.5 Å². The monoisotopic (exact) mass is 318 g/mol. The van der Waals surface area contributed by atoms with Crippen LogP contribution in [0.1, 0.15) is 25.6 Å². The Labute approximate surface area is 132 Å². The maximum absolute atomic E-state index is 12.8. The van der Waals surface area contributed by atoms with Gasteiger partial charge < -0.3 is 0 Å². The van der Waals surface area contributed by atoms with E-state index < -0.39 is 11.6 Å². The van der Waals surface area contributed by atoms with Gasteiger partial charge in [0.05, 0.1) is 10.7 Å². The summed E-state index contributed by atoms with van der Waals surface area (Å²) in [6.07, 6.45) is 1.88. The molecule has 0 saturated carbocycles. The van der Waals surface area contributed by atoms with Crippen molar-refractivity contribution in [3.63, 3.8) is 0 Å². The molecular weight excluding hydrogens is 304 g/mol. The van der Waals surface area contributed by atoms with Crippen LogP contribution in [0.5, 0.6) is 0 Å². The molecule has 0 radical (unpaired) electrons. The number of rotatable bonds is 2. The van der Waals surface area contributed by atoms with Crippen molar-refractivity contribution < 1.29 is 9.59 Å². The van der Waals surface area contributed by atoms with Gasteiger partial charge >= 0.3 is 0 Å². The van der Waals surface area contributed by atoms with Crippen LogP contribution >= 0.6 is 11.6 Å². The molecule has 2 heterocycles. The SMILES string of the molecule is Cc1ccc(N2C(=O)C(C)(C)C(=O)C2n2cncn2)c(Cl)c1. The maximum atomic E-state index is 12.8. The van der Waals surface area contributed by atoms with Crippen molar-refractivity contribution in [2.24, 2.45) is 5.41 Å². The number of carbonyl (C=O) groups is 2. The number of ketones is 1. The highest BCUT2D eigenvalue weighted by Gasteiger charge is 2.55. The van der Waals surface area contributed by atoms with Crippen molar-refractivity contribution in [3.05, 3.63) is 41.4 Å². The third-order valence-corrected chi connectivity index (χ3v) is 4.20. The Morgan fingerprint density at radius 3 is 2.59 bits per heavy atom. The molecule has 0 N–H and O–H groups in total. The van der Waals surface area contributed by atoms with Gasteiger partial charge in [0.25, 0.3) is 0 Å². The van der Waals surface area contributed by atoms with E-state index in [1.54, 1.807) is 26.0 Å². The lowest BCUT2D eigenvalue weighted by Gasteiger charge is -2.24. The smallest absolute Gasteiger partial charge is 0.242 e. The summed E-state index contributed by atoms with van der Waals surface area (Å²) in [7, 11) is 0. The first kappa shape index (κ1) is 14.7. The lowest BCUT2D eigenvalue weighted by atomic mass is 9.90. The fraction of sp³-hybridized carbons (Fsp3) is 0.333. The highest BCUT2D eigenvalue weighted by Crippen LogP contribution is 2.42. The molecule has 1 atom stereocenters. The summed E-state index contributed by atoms with van der Waals surface area (Å²) in [4.78, 5) is 30.7. The van der Waals surface area contributed by atoms with Crippen LogP contribution in [0.25, 0.3) is 0 Å². The molecule has 1 fully saturated rings. The number of Topliss-reactive ketones (excluding diaryl/α,β-unsaturated/α-hetero) is 1. The number of aromatic nitrogens is 3. The zero-order valence-corrected chi connectivity index (χ0v) is 13.2. The molecule has 1 saturated heterocycles. The van der Waals surface area contributed by atoms with Crippen molar-refractivity contribution in [3.8, 4) is 0 Å². The number of hydrogen-bond donors (Lipinski definition) is 0. The van der Waals surface area contributed by atoms with Gasteiger partial charge in [0.15, 0.2) is 11.9 Å². The average Bonchev–Trinajstić information content (AvgIpc) is 3.02. The lowest BCUT2D eigenvalue weighted by Crippen LogP contribution is -2.34. The third kappa shape index (κ3) is 2.02. The first-order valence-corrected chi connectivity index (χ1v) is 7.20. The van der Waals surface area contributed by atoms with Crippen LogP contribution in [0, 0.1) is 12.3 Å². The summed E-state index contributed by atoms with van der Waals surface area (Å²) in [5.74, 6) is -0.539. The molecule has 1 amide bonds. The standard InChI is InChI=1S/C15H15ClN4O2/c1-9-4-5-11(10(16)6-9)20-13(19-8-17-7-18-19)12(21)15(2,3)14(20)22/h4-8,13H,1-3H3. The normalized spacial score (nSPS) is 20.7. The van der Waals surface area contributed by atoms with Crippen molar-refractivity contribution in [1.82, 2.24) is 14.8 Å². The van der Waals surface area contributed by atoms with E-state index >= 15 is 0 Å². The molecule has 1 aliphatic rings. The number of carbonyl (C=O) groups excluding carboxylic acids is 2. The Morgan fingerprint density at radius 2 is 2.00 bits per heavy atom. The Kier molecular flexibility index (Phi) is 3.29. The first-order chi connectivity index (χ1) is 10.3. The van der Waals surface area contributed by atoms with E-state index in [0.717, 1.165) is 5.56 Å². The van der Waals surface area contributed by atoms with Crippen LogP contribution < -0.4 is 4.90 Å². The van der Waals surface area contributed by atoms with Gasteiger partial charge in [0.1, 0.15) is 18.1 Å². The minimum atomic E-state index is -1.13. The van der Waals surface area contributed by atoms with Gasteiger partial charge in [0.2, 0.25) is 5.91 Å². The molecule has 1 aliphatic heterocycles. The molecule has 1 aromatic carbocycles. The average molecular weight is 319 g/mol. The third-order valence-electron chi connectivity index (χ3n) is 3.90. The Hall–Kier alpha value is -2.21. The van der Waals surface area contributed by atoms with Crippen LogP contribution in [0.2, 0.25) is 5.02 Å². The van der Waals surface area contributed by atoms with Gasteiger partial charge in [-0.3, -0.25) is 14.5 Å². The largest absolute Gasteiger partial charge is 0.294 e. The minimum absolute atomic E-state index is 0.236. The Morgan fingerprint density at radius 1 is 1.27 bits per heavy atom. The topological polar surface area (TPSA) is 68.1 Å². The van der Waals surface area contributed by atoms with E-state index in [9.17, 15) is 9.59 Å². The Bertz CT molecular complexity index is 755. The summed E-state index contributed by atoms with van der Waals surface area (Å²) < 4.78 is 1.38. The fourth-order valence-electron chi connectivity index (χ4n) is 2.59. The molecule has 114 valence electrons. The van der Waals surface area contributed by atoms with Crippen molar-refractivity contribution in [2.75, 3.05) is 4.90 Å². The van der Waals surface area contributed by atoms with Gasteiger partial charge in [-0.15, -0.1) is 0 Å². The number of hydrogen-bond acceptors (Lipinski definition) is 4. The fourth-order valence-corrected chi connectivity index (χ4v) is 2.91. The zero-order valence-electron chi connectivity index (χ0n) is 12.4. The van der Waals surface area contributed by atoms with Crippen LogP contribution in [-0.2, 0) is 9.59 Å². The van der Waals surface area contributed by atoms with Crippen LogP contribution in [-0.4, -0.2) is 26.5 Å². The van der Waals surface area contributed by atoms with Crippen molar-refractivity contribution >= 4 is 29.0 Å². The molecule has 0 aliphatic carbocycles. The van der Waals surface area contributed by atoms with Crippen LogP contribution in [0.4, 0.5) is 5.69 Å². The summed E-state index contributed by atoms with van der Waals surface area (Å²) in [6, 6.07) is 5.36. The van der Waals surface area contributed by atoms with E-state index in [0.29, 0.717) is 10.7 Å². The number of benzene rings is 1. The number of halogens is 1. The summed E-state index contributed by atoms with van der Waals surface area (Å²) in [5, 5.41) is 4.44. The number of anilines is 1. The van der Waals surface area contributed by atoms with Crippen molar-refractivity contribution in [1.29, 1.82) is 0 Å². The maximum Gasteiger partial charge on any atom is 0.242 e. The predicted molar refractivity (Wildman–Crippen MR) is 81.5 cm³/mol. The van der Waals surface area contributed by atoms with E-state index in [1.807, 2.05) is 13.0 Å². The molecule has 0 bridgehead atoms. The molecule has 0 spiro atoms. The number of amides is 1. The minimum Gasteiger partial charge on any atom is -0.294 e. The van der Waals surface area contributed by atoms with E-state index in [2.05, 4.69) is 10.1 Å². The molecule has 7 heteroatoms. The van der Waals surface area contributed by atoms with Gasteiger partial charge in [0, 0.05) is 0 Å². The summed E-state index contributed by atoms with van der Waals surface area (Å²) in [6.45, 7) is 5.14. The zero-order chi connectivity index (χ0) is 16.1. The molecule has 1 unspecified atom stereocenters. The van der Waals surface area contributed by atoms with E-state index in [1.165, 1.54) is 22.2 Å². The summed E-state index contributed by atoms with van der Waals surface area (Å²) >= 11 is 6.29. The molecule has 6 nitrogen and oxygen atoms in total. The number of nitrogens with zero attached hydrogens (tertiary/aromatic N) is 4. The first-order valence-electron chi connectivity index (χ1n) is 6.82. The van der Waals surface area contributed by atoms with E-state index in [4.69, 9.17) is 11.6 Å². The van der Waals surface area contributed by atoms with Crippen LogP contribution in [0.3, 0.4) is 0 Å². The van der Waals surface area contributed by atoms with Gasteiger partial charge in [-0.25, -0.2) is 9.67 Å². The second kappa shape index (κ2) is 4.91. The molecule has 2 aromatic rings.